The number of rotatable bonds is 7. The van der Waals surface area contributed by atoms with E-state index < -0.39 is 40.3 Å². The molecule has 6 aliphatic rings. The van der Waals surface area contributed by atoms with E-state index in [1.807, 2.05) is 60.6 Å². The van der Waals surface area contributed by atoms with Gasteiger partial charge in [-0.25, -0.2) is 0 Å². The van der Waals surface area contributed by atoms with Gasteiger partial charge in [-0.05, 0) is 86.0 Å². The first-order chi connectivity index (χ1) is 20.2. The number of phenols is 1. The number of hydrogen-bond donors (Lipinski definition) is 1. The molecule has 0 radical (unpaired) electrons. The lowest BCUT2D eigenvalue weighted by atomic mass is 9.45. The lowest BCUT2D eigenvalue weighted by Crippen LogP contribution is -2.80. The number of carbonyl (C=O) groups excluding carboxylic acids is 3. The summed E-state index contributed by atoms with van der Waals surface area (Å²) in [7, 11) is 0. The number of ketones is 2. The summed E-state index contributed by atoms with van der Waals surface area (Å²) in [6.45, 7) is 15.6. The van der Waals surface area contributed by atoms with E-state index in [1.165, 1.54) is 0 Å². The van der Waals surface area contributed by atoms with Crippen molar-refractivity contribution in [3.63, 3.8) is 0 Å². The van der Waals surface area contributed by atoms with Crippen LogP contribution in [0.2, 0.25) is 0 Å². The predicted molar refractivity (Wildman–Crippen MR) is 161 cm³/mol. The van der Waals surface area contributed by atoms with Crippen LogP contribution in [0.4, 0.5) is 0 Å². The SMILES string of the molecule is CCOC1C2CC3C(C)(C)OC(C/C=C(/C)C=O)(C2=O)C32Oc3c(CC=C(C)C)c4c(c(O)c3C(=O)C12)C=CC(C)(C)O4. The van der Waals surface area contributed by atoms with E-state index in [-0.39, 0.29) is 41.0 Å². The summed E-state index contributed by atoms with van der Waals surface area (Å²) in [6.07, 6.45) is 8.33. The minimum atomic E-state index is -1.53. The zero-order valence-electron chi connectivity index (χ0n) is 26.3. The second-order valence-corrected chi connectivity index (χ2v) is 14.0. The molecule has 8 nitrogen and oxygen atoms in total. The van der Waals surface area contributed by atoms with Crippen LogP contribution < -0.4 is 9.47 Å². The number of Topliss-reactive ketones (excluding diaryl/α,β-unsaturated/α-hetero) is 2. The highest BCUT2D eigenvalue weighted by atomic mass is 16.6. The number of aldehydes is 1. The Morgan fingerprint density at radius 3 is 2.47 bits per heavy atom. The Morgan fingerprint density at radius 1 is 1.09 bits per heavy atom. The molecule has 4 bridgehead atoms. The monoisotopic (exact) mass is 590 g/mol. The van der Waals surface area contributed by atoms with Gasteiger partial charge < -0.3 is 24.1 Å². The van der Waals surface area contributed by atoms with Crippen LogP contribution in [0.5, 0.6) is 17.2 Å². The van der Waals surface area contributed by atoms with Crippen molar-refractivity contribution in [3.05, 3.63) is 46.1 Å². The maximum atomic E-state index is 15.0. The van der Waals surface area contributed by atoms with Crippen LogP contribution in [-0.2, 0) is 25.5 Å². The number of carbonyl (C=O) groups is 3. The molecule has 3 aliphatic heterocycles. The highest BCUT2D eigenvalue weighted by Crippen LogP contribution is 2.70. The van der Waals surface area contributed by atoms with Crippen LogP contribution in [0.1, 0.15) is 89.7 Å². The number of aromatic hydroxyl groups is 1. The molecule has 3 saturated carbocycles. The topological polar surface area (TPSA) is 108 Å². The average molecular weight is 591 g/mol. The summed E-state index contributed by atoms with van der Waals surface area (Å²) in [4.78, 5) is 41.2. The molecule has 1 aromatic rings. The fraction of sp³-hybridized carbons (Fsp3) is 0.571. The van der Waals surface area contributed by atoms with Crippen LogP contribution in [0.25, 0.3) is 6.08 Å². The second kappa shape index (κ2) is 9.63. The molecular formula is C35H42O8. The quantitative estimate of drug-likeness (QED) is 0.244. The summed E-state index contributed by atoms with van der Waals surface area (Å²) in [5.74, 6) is -1.82. The van der Waals surface area contributed by atoms with E-state index in [0.717, 1.165) is 11.9 Å². The Morgan fingerprint density at radius 2 is 1.81 bits per heavy atom. The zero-order valence-corrected chi connectivity index (χ0v) is 26.3. The van der Waals surface area contributed by atoms with Crippen molar-refractivity contribution in [3.8, 4) is 17.2 Å². The fourth-order valence-electron chi connectivity index (χ4n) is 8.38. The Labute approximate surface area is 253 Å². The number of hydrogen-bond acceptors (Lipinski definition) is 8. The molecule has 4 fully saturated rings. The van der Waals surface area contributed by atoms with Crippen molar-refractivity contribution < 1.29 is 38.4 Å². The van der Waals surface area contributed by atoms with Gasteiger partial charge in [0.05, 0.1) is 23.2 Å². The van der Waals surface area contributed by atoms with Gasteiger partial charge in [-0.2, -0.15) is 0 Å². The first-order valence-corrected chi connectivity index (χ1v) is 15.3. The number of benzene rings is 1. The van der Waals surface area contributed by atoms with Crippen LogP contribution >= 0.6 is 0 Å². The van der Waals surface area contributed by atoms with Gasteiger partial charge in [-0.3, -0.25) is 14.4 Å². The molecule has 8 heteroatoms. The van der Waals surface area contributed by atoms with E-state index in [2.05, 4.69) is 0 Å². The third-order valence-electron chi connectivity index (χ3n) is 10.1. The number of phenolic OH excluding ortho intramolecular Hbond substituents is 1. The van der Waals surface area contributed by atoms with Gasteiger partial charge in [0.15, 0.2) is 22.8 Å². The van der Waals surface area contributed by atoms with Crippen LogP contribution in [-0.4, -0.2) is 58.1 Å². The highest BCUT2D eigenvalue weighted by molar-refractivity contribution is 6.10. The van der Waals surface area contributed by atoms with Gasteiger partial charge in [0.25, 0.3) is 0 Å². The van der Waals surface area contributed by atoms with Crippen LogP contribution in [0.15, 0.2) is 29.4 Å². The molecule has 0 aromatic heterocycles. The summed E-state index contributed by atoms with van der Waals surface area (Å²) in [5, 5.41) is 11.7. The average Bonchev–Trinajstić information content (AvgIpc) is 3.07. The van der Waals surface area contributed by atoms with Crippen molar-refractivity contribution in [2.45, 2.75) is 103 Å². The highest BCUT2D eigenvalue weighted by Gasteiger charge is 2.85. The Bertz CT molecular complexity index is 1520. The zero-order chi connectivity index (χ0) is 31.3. The molecule has 1 saturated heterocycles. The molecule has 43 heavy (non-hydrogen) atoms. The molecule has 1 spiro atoms. The minimum absolute atomic E-state index is 0.0806. The molecule has 6 atom stereocenters. The van der Waals surface area contributed by atoms with Gasteiger partial charge in [0, 0.05) is 30.4 Å². The standard InChI is InChI=1S/C35H42O8/c1-9-40-30-22-16-23-33(7,8)43-34(31(22)39,15-12-19(4)17-36)35(23)25(30)27(38)24-26(37)20-13-14-32(5,6)41-28(20)21(29(24)42-35)11-10-18(2)3/h10,12-14,17,22-23,25,30,37H,9,11,15-16H2,1-8H3/b19-12-. The normalized spacial score (nSPS) is 34.1. The number of ether oxygens (including phenoxy) is 4. The molecular weight excluding hydrogens is 548 g/mol. The third kappa shape index (κ3) is 3.91. The van der Waals surface area contributed by atoms with E-state index >= 15 is 0 Å². The first kappa shape index (κ1) is 29.8. The predicted octanol–water partition coefficient (Wildman–Crippen LogP) is 5.72. The van der Waals surface area contributed by atoms with Crippen molar-refractivity contribution in [2.24, 2.45) is 17.8 Å². The Hall–Kier alpha value is -3.23. The smallest absolute Gasteiger partial charge is 0.180 e. The molecule has 6 unspecified atom stereocenters. The van der Waals surface area contributed by atoms with Gasteiger partial charge in [0.1, 0.15) is 34.7 Å². The van der Waals surface area contributed by atoms with E-state index in [1.54, 1.807) is 19.1 Å². The number of allylic oxidation sites excluding steroid dienone is 3. The number of fused-ring (bicyclic) bond motifs is 2. The maximum Gasteiger partial charge on any atom is 0.180 e. The van der Waals surface area contributed by atoms with Crippen molar-refractivity contribution in [1.82, 2.24) is 0 Å². The van der Waals surface area contributed by atoms with Crippen molar-refractivity contribution >= 4 is 23.9 Å². The third-order valence-corrected chi connectivity index (χ3v) is 10.1. The molecule has 0 amide bonds. The van der Waals surface area contributed by atoms with Crippen LogP contribution in [0, 0.1) is 17.8 Å². The maximum absolute atomic E-state index is 15.0. The molecule has 7 rings (SSSR count). The van der Waals surface area contributed by atoms with Crippen molar-refractivity contribution in [1.29, 1.82) is 0 Å². The summed E-state index contributed by atoms with van der Waals surface area (Å²) >= 11 is 0. The molecule has 3 heterocycles. The van der Waals surface area contributed by atoms with Gasteiger partial charge in [-0.1, -0.05) is 17.7 Å². The summed E-state index contributed by atoms with van der Waals surface area (Å²) in [5.41, 5.74) is -1.73. The van der Waals surface area contributed by atoms with Gasteiger partial charge >= 0.3 is 0 Å². The summed E-state index contributed by atoms with van der Waals surface area (Å²) in [6, 6.07) is 0. The van der Waals surface area contributed by atoms with E-state index in [0.29, 0.717) is 41.9 Å². The second-order valence-electron chi connectivity index (χ2n) is 14.0. The Balaban J connectivity index is 1.68. The molecule has 3 aliphatic carbocycles. The lowest BCUT2D eigenvalue weighted by molar-refractivity contribution is -0.226. The van der Waals surface area contributed by atoms with Gasteiger partial charge in [0.2, 0.25) is 0 Å². The largest absolute Gasteiger partial charge is 0.506 e. The Kier molecular flexibility index (Phi) is 6.68. The minimum Gasteiger partial charge on any atom is -0.506 e. The molecule has 1 N–H and O–H groups in total. The first-order valence-electron chi connectivity index (χ1n) is 15.3. The van der Waals surface area contributed by atoms with Gasteiger partial charge in [-0.15, -0.1) is 0 Å². The summed E-state index contributed by atoms with van der Waals surface area (Å²) < 4.78 is 26.7. The fourth-order valence-corrected chi connectivity index (χ4v) is 8.38. The molecule has 230 valence electrons. The van der Waals surface area contributed by atoms with Crippen molar-refractivity contribution in [2.75, 3.05) is 6.61 Å². The molecule has 1 aromatic carbocycles. The van der Waals surface area contributed by atoms with E-state index in [4.69, 9.17) is 18.9 Å². The van der Waals surface area contributed by atoms with E-state index in [9.17, 15) is 19.5 Å². The lowest BCUT2D eigenvalue weighted by Gasteiger charge is -2.62. The van der Waals surface area contributed by atoms with Crippen LogP contribution in [0.3, 0.4) is 0 Å².